The second-order valence-electron chi connectivity index (χ2n) is 12.5. The minimum Gasteiger partial charge on any atom is -0.455 e. The van der Waals surface area contributed by atoms with E-state index in [1.165, 1.54) is 16.3 Å². The number of rotatable bonds is 5. The number of furan rings is 2. The van der Waals surface area contributed by atoms with Crippen LogP contribution in [0.15, 0.2) is 185 Å². The Bertz CT molecular complexity index is 2810. The predicted octanol–water partition coefficient (Wildman–Crippen LogP) is 13.4. The molecule has 0 atom stereocenters. The maximum atomic E-state index is 6.87. The fraction of sp³-hybridized carbons (Fsp3) is 0. The van der Waals surface area contributed by atoms with Gasteiger partial charge in [-0.1, -0.05) is 133 Å². The van der Waals surface area contributed by atoms with Gasteiger partial charge in [0.15, 0.2) is 5.58 Å². The average molecular weight is 628 g/mol. The van der Waals surface area contributed by atoms with Crippen molar-refractivity contribution < 1.29 is 8.83 Å². The zero-order chi connectivity index (χ0) is 32.3. The van der Waals surface area contributed by atoms with E-state index in [4.69, 9.17) is 8.83 Å². The third-order valence-corrected chi connectivity index (χ3v) is 9.65. The van der Waals surface area contributed by atoms with Crippen molar-refractivity contribution in [2.75, 3.05) is 4.90 Å². The third kappa shape index (κ3) is 4.37. The summed E-state index contributed by atoms with van der Waals surface area (Å²) in [5, 5.41) is 6.66. The highest BCUT2D eigenvalue weighted by Crippen LogP contribution is 2.48. The first kappa shape index (κ1) is 27.5. The molecule has 0 saturated heterocycles. The molecule has 10 aromatic rings. The maximum absolute atomic E-state index is 6.87. The third-order valence-electron chi connectivity index (χ3n) is 9.65. The van der Waals surface area contributed by atoms with Gasteiger partial charge >= 0.3 is 0 Å². The van der Waals surface area contributed by atoms with E-state index in [0.29, 0.717) is 0 Å². The molecular formula is C46H29NO2. The molecule has 49 heavy (non-hydrogen) atoms. The van der Waals surface area contributed by atoms with Gasteiger partial charge in [-0.15, -0.1) is 0 Å². The Morgan fingerprint density at radius 1 is 0.367 bits per heavy atom. The van der Waals surface area contributed by atoms with E-state index in [0.717, 1.165) is 77.6 Å². The van der Waals surface area contributed by atoms with Gasteiger partial charge in [0.05, 0.1) is 16.8 Å². The molecule has 0 amide bonds. The van der Waals surface area contributed by atoms with Gasteiger partial charge in [0.2, 0.25) is 0 Å². The maximum Gasteiger partial charge on any atom is 0.159 e. The Labute approximate surface area is 282 Å². The van der Waals surface area contributed by atoms with Crippen LogP contribution in [0.25, 0.3) is 76.9 Å². The summed E-state index contributed by atoms with van der Waals surface area (Å²) in [5.41, 5.74) is 11.0. The van der Waals surface area contributed by atoms with Crippen molar-refractivity contribution in [1.29, 1.82) is 0 Å². The first-order valence-corrected chi connectivity index (χ1v) is 16.6. The van der Waals surface area contributed by atoms with Crippen LogP contribution in [0.1, 0.15) is 0 Å². The fourth-order valence-electron chi connectivity index (χ4n) is 7.43. The Morgan fingerprint density at radius 2 is 0.959 bits per heavy atom. The van der Waals surface area contributed by atoms with Crippen molar-refractivity contribution >= 4 is 71.7 Å². The monoisotopic (exact) mass is 627 g/mol. The summed E-state index contributed by atoms with van der Waals surface area (Å²) in [5.74, 6) is 0. The zero-order valence-electron chi connectivity index (χ0n) is 26.5. The topological polar surface area (TPSA) is 29.5 Å². The van der Waals surface area contributed by atoms with E-state index in [2.05, 4.69) is 169 Å². The van der Waals surface area contributed by atoms with Gasteiger partial charge in [-0.2, -0.15) is 0 Å². The fourth-order valence-corrected chi connectivity index (χ4v) is 7.43. The standard InChI is InChI=1S/C46H29NO2/c1-3-13-30(14-4-1)31-25-27-34(28-26-31)47(40-22-11-20-37-36-19-9-10-23-41(36)48-45(37)40)39-21-12-24-42-44(39)38-29-33-17-7-8-18-35(33)43(46(38)49-42)32-15-5-2-6-16-32/h1-29H. The van der Waals surface area contributed by atoms with Crippen molar-refractivity contribution in [2.45, 2.75) is 0 Å². The second-order valence-corrected chi connectivity index (χ2v) is 12.5. The lowest BCUT2D eigenvalue weighted by atomic mass is 9.95. The van der Waals surface area contributed by atoms with Crippen LogP contribution in [0.5, 0.6) is 0 Å². The van der Waals surface area contributed by atoms with Crippen LogP contribution in [0.4, 0.5) is 17.1 Å². The van der Waals surface area contributed by atoms with Gasteiger partial charge in [0, 0.05) is 27.4 Å². The molecule has 0 fully saturated rings. The lowest BCUT2D eigenvalue weighted by Crippen LogP contribution is -2.10. The van der Waals surface area contributed by atoms with Gasteiger partial charge in [0.1, 0.15) is 16.7 Å². The minimum absolute atomic E-state index is 0.836. The van der Waals surface area contributed by atoms with Crippen molar-refractivity contribution in [3.05, 3.63) is 176 Å². The molecule has 10 rings (SSSR count). The molecule has 2 aromatic heterocycles. The van der Waals surface area contributed by atoms with E-state index < -0.39 is 0 Å². The van der Waals surface area contributed by atoms with Crippen LogP contribution in [0.2, 0.25) is 0 Å². The highest BCUT2D eigenvalue weighted by Gasteiger charge is 2.25. The van der Waals surface area contributed by atoms with Crippen LogP contribution in [-0.4, -0.2) is 0 Å². The average Bonchev–Trinajstić information content (AvgIpc) is 3.74. The Balaban J connectivity index is 1.29. The van der Waals surface area contributed by atoms with Crippen LogP contribution < -0.4 is 4.90 Å². The van der Waals surface area contributed by atoms with Crippen LogP contribution in [0.3, 0.4) is 0 Å². The number of para-hydroxylation sites is 2. The first-order valence-electron chi connectivity index (χ1n) is 16.6. The van der Waals surface area contributed by atoms with E-state index in [-0.39, 0.29) is 0 Å². The van der Waals surface area contributed by atoms with Gasteiger partial charge < -0.3 is 13.7 Å². The molecule has 2 heterocycles. The number of anilines is 3. The SMILES string of the molecule is c1ccc(-c2ccc(N(c3cccc4c3oc3ccccc34)c3cccc4oc5c(-c6ccccc6)c6ccccc6cc5c34)cc2)cc1. The number of benzene rings is 8. The molecule has 0 radical (unpaired) electrons. The summed E-state index contributed by atoms with van der Waals surface area (Å²) in [6.07, 6.45) is 0. The summed E-state index contributed by atoms with van der Waals surface area (Å²) in [6.45, 7) is 0. The smallest absolute Gasteiger partial charge is 0.159 e. The summed E-state index contributed by atoms with van der Waals surface area (Å²) < 4.78 is 13.5. The molecular weight excluding hydrogens is 599 g/mol. The van der Waals surface area contributed by atoms with E-state index in [1.54, 1.807) is 0 Å². The first-order chi connectivity index (χ1) is 24.3. The van der Waals surface area contributed by atoms with Gasteiger partial charge in [-0.25, -0.2) is 0 Å². The van der Waals surface area contributed by atoms with Crippen LogP contribution in [-0.2, 0) is 0 Å². The molecule has 0 aliphatic rings. The van der Waals surface area contributed by atoms with E-state index in [1.807, 2.05) is 12.1 Å². The molecule has 0 aliphatic carbocycles. The lowest BCUT2D eigenvalue weighted by molar-refractivity contribution is 0.668. The number of hydrogen-bond donors (Lipinski definition) is 0. The Morgan fingerprint density at radius 3 is 1.78 bits per heavy atom. The Hall–Kier alpha value is -6.58. The molecule has 8 aromatic carbocycles. The van der Waals surface area contributed by atoms with Crippen LogP contribution in [0, 0.1) is 0 Å². The Kier molecular flexibility index (Phi) is 6.18. The largest absolute Gasteiger partial charge is 0.455 e. The normalized spacial score (nSPS) is 11.7. The van der Waals surface area contributed by atoms with Gasteiger partial charge in [-0.05, 0) is 69.9 Å². The minimum atomic E-state index is 0.836. The van der Waals surface area contributed by atoms with Crippen LogP contribution >= 0.6 is 0 Å². The van der Waals surface area contributed by atoms with Crippen molar-refractivity contribution in [3.8, 4) is 22.3 Å². The number of nitrogens with zero attached hydrogens (tertiary/aromatic N) is 1. The van der Waals surface area contributed by atoms with Crippen molar-refractivity contribution in [2.24, 2.45) is 0 Å². The molecule has 3 nitrogen and oxygen atoms in total. The molecule has 0 aliphatic heterocycles. The molecule has 0 unspecified atom stereocenters. The molecule has 0 N–H and O–H groups in total. The molecule has 3 heteroatoms. The zero-order valence-corrected chi connectivity index (χ0v) is 26.5. The van der Waals surface area contributed by atoms with E-state index >= 15 is 0 Å². The molecule has 0 saturated carbocycles. The second kappa shape index (κ2) is 11.0. The lowest BCUT2D eigenvalue weighted by Gasteiger charge is -2.26. The number of fused-ring (bicyclic) bond motifs is 7. The van der Waals surface area contributed by atoms with Crippen molar-refractivity contribution in [3.63, 3.8) is 0 Å². The van der Waals surface area contributed by atoms with Gasteiger partial charge in [0.25, 0.3) is 0 Å². The molecule has 230 valence electrons. The molecule has 0 bridgehead atoms. The summed E-state index contributed by atoms with van der Waals surface area (Å²) >= 11 is 0. The van der Waals surface area contributed by atoms with E-state index in [9.17, 15) is 0 Å². The highest BCUT2D eigenvalue weighted by atomic mass is 16.3. The quantitative estimate of drug-likeness (QED) is 0.190. The summed E-state index contributed by atoms with van der Waals surface area (Å²) in [6, 6.07) is 61.8. The number of hydrogen-bond acceptors (Lipinski definition) is 3. The highest BCUT2D eigenvalue weighted by molar-refractivity contribution is 6.22. The predicted molar refractivity (Wildman–Crippen MR) is 204 cm³/mol. The summed E-state index contributed by atoms with van der Waals surface area (Å²) in [4.78, 5) is 2.33. The molecule has 0 spiro atoms. The van der Waals surface area contributed by atoms with Gasteiger partial charge in [-0.3, -0.25) is 0 Å². The summed E-state index contributed by atoms with van der Waals surface area (Å²) in [7, 11) is 0. The van der Waals surface area contributed by atoms with Crippen molar-refractivity contribution in [1.82, 2.24) is 0 Å².